The number of nitrogens with zero attached hydrogens (tertiary/aromatic N) is 4. The van der Waals surface area contributed by atoms with Crippen molar-refractivity contribution in [3.8, 4) is 17.5 Å². The zero-order valence-electron chi connectivity index (χ0n) is 14.6. The smallest absolute Gasteiger partial charge is 0.179 e. The van der Waals surface area contributed by atoms with Crippen LogP contribution in [0.15, 0.2) is 66.9 Å². The highest BCUT2D eigenvalue weighted by molar-refractivity contribution is 5.59. The molecule has 1 saturated heterocycles. The molecule has 26 heavy (non-hydrogen) atoms. The summed E-state index contributed by atoms with van der Waals surface area (Å²) in [6.07, 6.45) is 3.90. The van der Waals surface area contributed by atoms with Crippen molar-refractivity contribution in [3.05, 3.63) is 78.0 Å². The van der Waals surface area contributed by atoms with E-state index in [1.165, 1.54) is 0 Å². The molecule has 0 bridgehead atoms. The number of likely N-dealkylation sites (tertiary alicyclic amines) is 1. The second kappa shape index (κ2) is 7.03. The van der Waals surface area contributed by atoms with Crippen molar-refractivity contribution >= 4 is 0 Å². The molecule has 0 amide bonds. The fourth-order valence-electron chi connectivity index (χ4n) is 3.26. The number of hydrogen-bond acceptors (Lipinski definition) is 4. The predicted molar refractivity (Wildman–Crippen MR) is 99.0 cm³/mol. The lowest BCUT2D eigenvalue weighted by molar-refractivity contribution is -0.0615. The van der Waals surface area contributed by atoms with E-state index in [9.17, 15) is 0 Å². The second-order valence-corrected chi connectivity index (χ2v) is 6.52. The van der Waals surface area contributed by atoms with Crippen LogP contribution in [-0.2, 0) is 11.8 Å². The molecule has 1 unspecified atom stereocenters. The molecule has 0 radical (unpaired) electrons. The van der Waals surface area contributed by atoms with Gasteiger partial charge in [-0.25, -0.2) is 0 Å². The first-order valence-corrected chi connectivity index (χ1v) is 8.68. The summed E-state index contributed by atoms with van der Waals surface area (Å²) < 4.78 is 8.20. The topological polar surface area (TPSA) is 54.1 Å². The molecule has 1 fully saturated rings. The maximum Gasteiger partial charge on any atom is 0.179 e. The molecular formula is C21H20N4O. The molecule has 2 heterocycles. The minimum Gasteiger partial charge on any atom is -0.362 e. The van der Waals surface area contributed by atoms with Crippen LogP contribution in [0.25, 0.3) is 11.3 Å². The SMILES string of the molecule is Cn1nccc1-c1ccc(C(OC2CN(C#N)C2)c2ccccc2)cc1. The van der Waals surface area contributed by atoms with Gasteiger partial charge in [0.1, 0.15) is 6.10 Å². The number of ether oxygens (including phenoxy) is 1. The average molecular weight is 344 g/mol. The van der Waals surface area contributed by atoms with Crippen molar-refractivity contribution in [3.63, 3.8) is 0 Å². The Morgan fingerprint density at radius 1 is 1.04 bits per heavy atom. The first kappa shape index (κ1) is 16.4. The van der Waals surface area contributed by atoms with E-state index in [0.29, 0.717) is 13.1 Å². The molecule has 5 heteroatoms. The van der Waals surface area contributed by atoms with Gasteiger partial charge in [-0.1, -0.05) is 54.6 Å². The first-order valence-electron chi connectivity index (χ1n) is 8.68. The summed E-state index contributed by atoms with van der Waals surface area (Å²) >= 11 is 0. The third-order valence-corrected chi connectivity index (χ3v) is 4.75. The Morgan fingerprint density at radius 3 is 2.35 bits per heavy atom. The minimum atomic E-state index is -0.136. The van der Waals surface area contributed by atoms with Crippen molar-refractivity contribution in [1.29, 1.82) is 5.26 Å². The van der Waals surface area contributed by atoms with E-state index in [2.05, 4.69) is 47.7 Å². The number of nitriles is 1. The van der Waals surface area contributed by atoms with E-state index in [4.69, 9.17) is 10.00 Å². The molecule has 130 valence electrons. The standard InChI is InChI=1S/C21H20N4O/c1-24-20(11-12-23-24)16-7-9-18(10-8-16)21(17-5-3-2-4-6-17)26-19-13-25(14-19)15-22/h2-12,19,21H,13-14H2,1H3. The lowest BCUT2D eigenvalue weighted by Crippen LogP contribution is -2.49. The summed E-state index contributed by atoms with van der Waals surface area (Å²) in [7, 11) is 1.94. The van der Waals surface area contributed by atoms with Crippen molar-refractivity contribution in [2.75, 3.05) is 13.1 Å². The van der Waals surface area contributed by atoms with E-state index < -0.39 is 0 Å². The summed E-state index contributed by atoms with van der Waals surface area (Å²) in [4.78, 5) is 1.71. The van der Waals surface area contributed by atoms with E-state index >= 15 is 0 Å². The number of aryl methyl sites for hydroxylation is 1. The van der Waals surface area contributed by atoms with Crippen LogP contribution in [0.1, 0.15) is 17.2 Å². The largest absolute Gasteiger partial charge is 0.362 e. The number of aromatic nitrogens is 2. The molecule has 0 N–H and O–H groups in total. The van der Waals surface area contributed by atoms with Crippen LogP contribution >= 0.6 is 0 Å². The van der Waals surface area contributed by atoms with Crippen molar-refractivity contribution in [2.24, 2.45) is 7.05 Å². The molecule has 5 nitrogen and oxygen atoms in total. The summed E-state index contributed by atoms with van der Waals surface area (Å²) in [5.41, 5.74) is 4.44. The highest BCUT2D eigenvalue weighted by Crippen LogP contribution is 2.31. The maximum atomic E-state index is 8.93. The zero-order chi connectivity index (χ0) is 17.9. The number of rotatable bonds is 5. The molecule has 1 atom stereocenters. The van der Waals surface area contributed by atoms with Crippen LogP contribution in [-0.4, -0.2) is 33.9 Å². The van der Waals surface area contributed by atoms with Crippen LogP contribution in [0, 0.1) is 11.5 Å². The lowest BCUT2D eigenvalue weighted by atomic mass is 9.99. The Hall–Kier alpha value is -3.10. The molecule has 1 aliphatic heterocycles. The zero-order valence-corrected chi connectivity index (χ0v) is 14.6. The van der Waals surface area contributed by atoms with Crippen molar-refractivity contribution < 1.29 is 4.74 Å². The highest BCUT2D eigenvalue weighted by Gasteiger charge is 2.30. The lowest BCUT2D eigenvalue weighted by Gasteiger charge is -2.37. The van der Waals surface area contributed by atoms with Gasteiger partial charge in [0.25, 0.3) is 0 Å². The molecule has 1 aliphatic rings. The van der Waals surface area contributed by atoms with Gasteiger partial charge < -0.3 is 9.64 Å². The molecule has 0 saturated carbocycles. The van der Waals surface area contributed by atoms with Gasteiger partial charge in [-0.3, -0.25) is 4.68 Å². The molecule has 1 aromatic heterocycles. The van der Waals surface area contributed by atoms with Gasteiger partial charge in [-0.05, 0) is 22.8 Å². The third kappa shape index (κ3) is 3.19. The van der Waals surface area contributed by atoms with Gasteiger partial charge in [-0.15, -0.1) is 0 Å². The van der Waals surface area contributed by atoms with Crippen LogP contribution in [0.5, 0.6) is 0 Å². The van der Waals surface area contributed by atoms with Crippen LogP contribution in [0.4, 0.5) is 0 Å². The van der Waals surface area contributed by atoms with Crippen molar-refractivity contribution in [2.45, 2.75) is 12.2 Å². The fraction of sp³-hybridized carbons (Fsp3) is 0.238. The van der Waals surface area contributed by atoms with Crippen LogP contribution in [0.2, 0.25) is 0 Å². The summed E-state index contributed by atoms with van der Waals surface area (Å²) in [6, 6.07) is 20.7. The van der Waals surface area contributed by atoms with Gasteiger partial charge in [-0.2, -0.15) is 10.4 Å². The maximum absolute atomic E-state index is 8.93. The van der Waals surface area contributed by atoms with E-state index in [0.717, 1.165) is 22.4 Å². The second-order valence-electron chi connectivity index (χ2n) is 6.52. The average Bonchev–Trinajstić information content (AvgIpc) is 3.08. The summed E-state index contributed by atoms with van der Waals surface area (Å²) in [6.45, 7) is 1.32. The Bertz CT molecular complexity index is 905. The van der Waals surface area contributed by atoms with Crippen LogP contribution in [0.3, 0.4) is 0 Å². The van der Waals surface area contributed by atoms with Gasteiger partial charge in [0.05, 0.1) is 24.9 Å². The number of benzene rings is 2. The van der Waals surface area contributed by atoms with E-state index in [1.807, 2.05) is 36.0 Å². The highest BCUT2D eigenvalue weighted by atomic mass is 16.5. The van der Waals surface area contributed by atoms with Gasteiger partial charge >= 0.3 is 0 Å². The summed E-state index contributed by atoms with van der Waals surface area (Å²) in [5, 5.41) is 13.2. The third-order valence-electron chi connectivity index (χ3n) is 4.75. The Balaban J connectivity index is 1.59. The first-order chi connectivity index (χ1) is 12.7. The Kier molecular flexibility index (Phi) is 4.42. The monoisotopic (exact) mass is 344 g/mol. The fourth-order valence-corrected chi connectivity index (χ4v) is 3.26. The normalized spacial score (nSPS) is 15.3. The van der Waals surface area contributed by atoms with E-state index in [-0.39, 0.29) is 12.2 Å². The molecule has 0 spiro atoms. The van der Waals surface area contributed by atoms with Gasteiger partial charge in [0.15, 0.2) is 6.19 Å². The molecule has 0 aliphatic carbocycles. The summed E-state index contributed by atoms with van der Waals surface area (Å²) in [5.74, 6) is 0. The Labute approximate surface area is 153 Å². The predicted octanol–water partition coefficient (Wildman–Crippen LogP) is 3.36. The quantitative estimate of drug-likeness (QED) is 0.666. The molecule has 4 rings (SSSR count). The van der Waals surface area contributed by atoms with E-state index in [1.54, 1.807) is 11.1 Å². The number of hydrogen-bond donors (Lipinski definition) is 0. The van der Waals surface area contributed by atoms with Crippen LogP contribution < -0.4 is 0 Å². The van der Waals surface area contributed by atoms with Gasteiger partial charge in [0.2, 0.25) is 0 Å². The minimum absolute atomic E-state index is 0.0802. The molecule has 2 aromatic carbocycles. The van der Waals surface area contributed by atoms with Gasteiger partial charge in [0, 0.05) is 13.2 Å². The Morgan fingerprint density at radius 2 is 1.73 bits per heavy atom. The molecular weight excluding hydrogens is 324 g/mol. The molecule has 3 aromatic rings. The van der Waals surface area contributed by atoms with Crippen molar-refractivity contribution in [1.82, 2.24) is 14.7 Å².